The molecular weight excluding hydrogens is 256 g/mol. The van der Waals surface area contributed by atoms with Crippen LogP contribution >= 0.6 is 0 Å². The maximum Gasteiger partial charge on any atom is 0.0491 e. The Bertz CT molecular complexity index is 803. The quantitative estimate of drug-likeness (QED) is 0.765. The van der Waals surface area contributed by atoms with Crippen LogP contribution in [0.3, 0.4) is 0 Å². The van der Waals surface area contributed by atoms with Gasteiger partial charge in [-0.05, 0) is 43.5 Å². The first-order chi connectivity index (χ1) is 10.3. The van der Waals surface area contributed by atoms with E-state index in [0.29, 0.717) is 0 Å². The third kappa shape index (κ3) is 1.69. The van der Waals surface area contributed by atoms with Crippen molar-refractivity contribution in [2.45, 2.75) is 38.1 Å². The third-order valence-corrected chi connectivity index (χ3v) is 5.40. The van der Waals surface area contributed by atoms with Crippen molar-refractivity contribution in [3.05, 3.63) is 48.0 Å². The van der Waals surface area contributed by atoms with E-state index in [2.05, 4.69) is 54.0 Å². The van der Waals surface area contributed by atoms with Crippen LogP contribution in [0.15, 0.2) is 42.5 Å². The van der Waals surface area contributed by atoms with Gasteiger partial charge in [-0.2, -0.15) is 0 Å². The largest absolute Gasteiger partial charge is 0.341 e. The van der Waals surface area contributed by atoms with E-state index in [1.165, 1.54) is 46.6 Å². The van der Waals surface area contributed by atoms with Gasteiger partial charge >= 0.3 is 0 Å². The predicted molar refractivity (Wildman–Crippen MR) is 89.7 cm³/mol. The van der Waals surface area contributed by atoms with Crippen LogP contribution in [0.1, 0.15) is 31.7 Å². The van der Waals surface area contributed by atoms with E-state index in [4.69, 9.17) is 5.73 Å². The second kappa shape index (κ2) is 4.60. The van der Waals surface area contributed by atoms with Gasteiger partial charge in [0.25, 0.3) is 0 Å². The summed E-state index contributed by atoms with van der Waals surface area (Å²) in [6.07, 6.45) is 3.79. The number of benzene rings is 2. The van der Waals surface area contributed by atoms with Crippen molar-refractivity contribution in [1.82, 2.24) is 4.57 Å². The first-order valence-corrected chi connectivity index (χ1v) is 8.00. The van der Waals surface area contributed by atoms with E-state index in [1.807, 2.05) is 0 Å². The molecule has 3 aromatic rings. The topological polar surface area (TPSA) is 30.9 Å². The molecular formula is C19H22N2. The van der Waals surface area contributed by atoms with Crippen LogP contribution in [0.25, 0.3) is 21.8 Å². The van der Waals surface area contributed by atoms with Crippen LogP contribution in [0.5, 0.6) is 0 Å². The second-order valence-corrected chi connectivity index (χ2v) is 6.33. The highest BCUT2D eigenvalue weighted by atomic mass is 15.0. The number of fused-ring (bicyclic) bond motifs is 3. The van der Waals surface area contributed by atoms with Crippen LogP contribution in [-0.2, 0) is 12.0 Å². The molecule has 0 atom stereocenters. The lowest BCUT2D eigenvalue weighted by Gasteiger charge is -2.41. The minimum absolute atomic E-state index is 0.240. The Morgan fingerprint density at radius 1 is 1.05 bits per heavy atom. The lowest BCUT2D eigenvalue weighted by Crippen LogP contribution is -2.41. The molecule has 2 heteroatoms. The number of nitrogens with zero attached hydrogens (tertiary/aromatic N) is 1. The van der Waals surface area contributed by atoms with Gasteiger partial charge in [0.2, 0.25) is 0 Å². The van der Waals surface area contributed by atoms with Crippen LogP contribution in [-0.4, -0.2) is 11.1 Å². The molecule has 108 valence electrons. The highest BCUT2D eigenvalue weighted by Gasteiger charge is 2.37. The molecule has 1 aromatic heterocycles. The lowest BCUT2D eigenvalue weighted by molar-refractivity contribution is 0.253. The fourth-order valence-electron chi connectivity index (χ4n) is 3.94. The SMILES string of the molecule is CCn1c2ccccc2c2cc(C3(CN)CCC3)ccc21. The molecule has 0 spiro atoms. The maximum absolute atomic E-state index is 6.08. The summed E-state index contributed by atoms with van der Waals surface area (Å²) in [7, 11) is 0. The number of hydrogen-bond donors (Lipinski definition) is 1. The maximum atomic E-state index is 6.08. The molecule has 2 nitrogen and oxygen atoms in total. The van der Waals surface area contributed by atoms with E-state index in [0.717, 1.165) is 13.1 Å². The molecule has 0 aliphatic heterocycles. The molecule has 2 N–H and O–H groups in total. The normalized spacial score (nSPS) is 17.2. The van der Waals surface area contributed by atoms with Gasteiger partial charge in [0, 0.05) is 40.3 Å². The van der Waals surface area contributed by atoms with E-state index < -0.39 is 0 Å². The molecule has 1 aliphatic rings. The van der Waals surface area contributed by atoms with Crippen molar-refractivity contribution >= 4 is 21.8 Å². The highest BCUT2D eigenvalue weighted by molar-refractivity contribution is 6.08. The molecule has 0 radical (unpaired) electrons. The zero-order valence-electron chi connectivity index (χ0n) is 12.6. The minimum Gasteiger partial charge on any atom is -0.341 e. The molecule has 1 saturated carbocycles. The number of rotatable bonds is 3. The highest BCUT2D eigenvalue weighted by Crippen LogP contribution is 2.44. The predicted octanol–water partition coefficient (Wildman–Crippen LogP) is 4.19. The number of para-hydroxylation sites is 1. The Morgan fingerprint density at radius 3 is 2.48 bits per heavy atom. The molecule has 21 heavy (non-hydrogen) atoms. The van der Waals surface area contributed by atoms with Crippen molar-refractivity contribution in [3.63, 3.8) is 0 Å². The van der Waals surface area contributed by atoms with Crippen molar-refractivity contribution in [2.75, 3.05) is 6.54 Å². The van der Waals surface area contributed by atoms with Crippen LogP contribution in [0, 0.1) is 0 Å². The van der Waals surface area contributed by atoms with Crippen LogP contribution in [0.4, 0.5) is 0 Å². The zero-order valence-corrected chi connectivity index (χ0v) is 12.6. The molecule has 0 unspecified atom stereocenters. The van der Waals surface area contributed by atoms with Gasteiger partial charge in [-0.3, -0.25) is 0 Å². The van der Waals surface area contributed by atoms with E-state index in [1.54, 1.807) is 0 Å². The van der Waals surface area contributed by atoms with Crippen molar-refractivity contribution in [1.29, 1.82) is 0 Å². The average molecular weight is 278 g/mol. The zero-order chi connectivity index (χ0) is 14.4. The van der Waals surface area contributed by atoms with Crippen molar-refractivity contribution < 1.29 is 0 Å². The van der Waals surface area contributed by atoms with Gasteiger partial charge in [-0.25, -0.2) is 0 Å². The van der Waals surface area contributed by atoms with E-state index in [9.17, 15) is 0 Å². The van der Waals surface area contributed by atoms with Gasteiger partial charge < -0.3 is 10.3 Å². The van der Waals surface area contributed by atoms with E-state index >= 15 is 0 Å². The molecule has 4 rings (SSSR count). The summed E-state index contributed by atoms with van der Waals surface area (Å²) in [4.78, 5) is 0. The Balaban J connectivity index is 2.01. The summed E-state index contributed by atoms with van der Waals surface area (Å²) in [5, 5.41) is 2.74. The summed E-state index contributed by atoms with van der Waals surface area (Å²) in [5.41, 5.74) is 10.4. The van der Waals surface area contributed by atoms with Gasteiger partial charge in [-0.1, -0.05) is 30.7 Å². The van der Waals surface area contributed by atoms with Gasteiger partial charge in [0.15, 0.2) is 0 Å². The van der Waals surface area contributed by atoms with Crippen molar-refractivity contribution in [2.24, 2.45) is 5.73 Å². The molecule has 0 saturated heterocycles. The van der Waals surface area contributed by atoms with Crippen molar-refractivity contribution in [3.8, 4) is 0 Å². The third-order valence-electron chi connectivity index (χ3n) is 5.40. The summed E-state index contributed by atoms with van der Waals surface area (Å²) < 4.78 is 2.41. The summed E-state index contributed by atoms with van der Waals surface area (Å²) >= 11 is 0. The Labute approximate surface area is 125 Å². The number of hydrogen-bond acceptors (Lipinski definition) is 1. The first kappa shape index (κ1) is 12.9. The summed E-state index contributed by atoms with van der Waals surface area (Å²) in [6.45, 7) is 3.99. The van der Waals surface area contributed by atoms with Gasteiger partial charge in [-0.15, -0.1) is 0 Å². The monoisotopic (exact) mass is 278 g/mol. The fraction of sp³-hybridized carbons (Fsp3) is 0.368. The minimum atomic E-state index is 0.240. The van der Waals surface area contributed by atoms with Crippen LogP contribution in [0.2, 0.25) is 0 Å². The molecule has 0 bridgehead atoms. The molecule has 2 aromatic carbocycles. The number of aromatic nitrogens is 1. The smallest absolute Gasteiger partial charge is 0.0491 e. The van der Waals surface area contributed by atoms with E-state index in [-0.39, 0.29) is 5.41 Å². The molecule has 1 heterocycles. The van der Waals surface area contributed by atoms with Crippen LogP contribution < -0.4 is 5.73 Å². The second-order valence-electron chi connectivity index (χ2n) is 6.33. The Morgan fingerprint density at radius 2 is 1.81 bits per heavy atom. The standard InChI is InChI=1S/C19H22N2/c1-2-21-17-7-4-3-6-15(17)16-12-14(8-9-18(16)21)19(13-20)10-5-11-19/h3-4,6-9,12H,2,5,10-11,13,20H2,1H3. The first-order valence-electron chi connectivity index (χ1n) is 8.00. The fourth-order valence-corrected chi connectivity index (χ4v) is 3.94. The molecule has 1 aliphatic carbocycles. The summed E-state index contributed by atoms with van der Waals surface area (Å²) in [5.74, 6) is 0. The number of aryl methyl sites for hydroxylation is 1. The molecule has 1 fully saturated rings. The van der Waals surface area contributed by atoms with Gasteiger partial charge in [0.05, 0.1) is 0 Å². The van der Waals surface area contributed by atoms with Gasteiger partial charge in [0.1, 0.15) is 0 Å². The summed E-state index contributed by atoms with van der Waals surface area (Å²) in [6, 6.07) is 15.7. The number of nitrogens with two attached hydrogens (primary N) is 1. The lowest BCUT2D eigenvalue weighted by atomic mass is 9.64. The average Bonchev–Trinajstić information content (AvgIpc) is 2.80. The Kier molecular flexibility index (Phi) is 2.83. The Hall–Kier alpha value is -1.80. The molecule has 0 amide bonds.